The van der Waals surface area contributed by atoms with Gasteiger partial charge in [-0.3, -0.25) is 4.79 Å². The Labute approximate surface area is 198 Å². The van der Waals surface area contributed by atoms with Gasteiger partial charge < -0.3 is 20.5 Å². The molecule has 3 N–H and O–H groups in total. The lowest BCUT2D eigenvalue weighted by Gasteiger charge is -2.43. The predicted octanol–water partition coefficient (Wildman–Crippen LogP) is 3.78. The number of pyridine rings is 1. The fraction of sp³-hybridized carbons (Fsp3) is 0.333. The lowest BCUT2D eigenvalue weighted by Crippen LogP contribution is -2.58. The fourth-order valence-electron chi connectivity index (χ4n) is 3.47. The molecule has 36 heavy (non-hydrogen) atoms. The van der Waals surface area contributed by atoms with Gasteiger partial charge in [0.25, 0.3) is 11.9 Å². The van der Waals surface area contributed by atoms with Crippen molar-refractivity contribution in [1.29, 1.82) is 5.26 Å². The Bertz CT molecular complexity index is 1210. The van der Waals surface area contributed by atoms with Crippen LogP contribution < -0.4 is 11.1 Å². The zero-order chi connectivity index (χ0) is 26.9. The number of anilines is 1. The van der Waals surface area contributed by atoms with E-state index in [1.807, 2.05) is 6.07 Å². The number of nitrogens with one attached hydrogen (secondary N) is 1. The van der Waals surface area contributed by atoms with E-state index >= 15 is 0 Å². The number of amidine groups is 1. The molecule has 3 rings (SSSR count). The number of nitriles is 1. The van der Waals surface area contributed by atoms with E-state index in [0.717, 1.165) is 31.3 Å². The molecule has 3 atom stereocenters. The van der Waals surface area contributed by atoms with Gasteiger partial charge in [-0.25, -0.2) is 14.4 Å². The SMILES string of the molecule is CC1(c2cc(NC(=O)c3ccc(C#N)cn3)ccc2F)N=C(N)OC(C(F)(F)F)C1OCC(F)(F)F. The van der Waals surface area contributed by atoms with Crippen LogP contribution in [0.25, 0.3) is 0 Å². The van der Waals surface area contributed by atoms with Crippen molar-refractivity contribution < 1.29 is 45.0 Å². The topological polar surface area (TPSA) is 123 Å². The van der Waals surface area contributed by atoms with Gasteiger partial charge in [0.05, 0.1) is 5.56 Å². The number of hydrogen-bond acceptors (Lipinski definition) is 7. The number of aliphatic imine (C=N–C) groups is 1. The third kappa shape index (κ3) is 5.82. The number of carbonyl (C=O) groups excluding carboxylic acids is 1. The molecule has 0 aliphatic carbocycles. The van der Waals surface area contributed by atoms with Gasteiger partial charge in [0.1, 0.15) is 35.8 Å². The van der Waals surface area contributed by atoms with Gasteiger partial charge in [-0.2, -0.15) is 31.6 Å². The van der Waals surface area contributed by atoms with Crippen LogP contribution in [0.1, 0.15) is 28.5 Å². The van der Waals surface area contributed by atoms with Gasteiger partial charge in [0, 0.05) is 17.4 Å². The van der Waals surface area contributed by atoms with Crippen molar-refractivity contribution in [3.63, 3.8) is 0 Å². The number of amides is 1. The Balaban J connectivity index is 2.02. The minimum absolute atomic E-state index is 0.150. The van der Waals surface area contributed by atoms with Crippen LogP contribution in [0.15, 0.2) is 41.5 Å². The molecule has 8 nitrogen and oxygen atoms in total. The highest BCUT2D eigenvalue weighted by Gasteiger charge is 2.59. The van der Waals surface area contributed by atoms with Gasteiger partial charge in [0.15, 0.2) is 0 Å². The van der Waals surface area contributed by atoms with Gasteiger partial charge in [0.2, 0.25) is 6.10 Å². The summed E-state index contributed by atoms with van der Waals surface area (Å²) in [5.41, 5.74) is 2.14. The third-order valence-electron chi connectivity index (χ3n) is 5.06. The second kappa shape index (κ2) is 9.61. The molecule has 0 fully saturated rings. The van der Waals surface area contributed by atoms with Crippen molar-refractivity contribution in [3.8, 4) is 6.07 Å². The average Bonchev–Trinajstić information content (AvgIpc) is 2.78. The van der Waals surface area contributed by atoms with E-state index in [4.69, 9.17) is 11.0 Å². The Morgan fingerprint density at radius 1 is 1.25 bits per heavy atom. The molecule has 3 unspecified atom stereocenters. The van der Waals surface area contributed by atoms with Crippen LogP contribution in [0.4, 0.5) is 36.4 Å². The maximum absolute atomic E-state index is 14.9. The number of nitrogens with zero attached hydrogens (tertiary/aromatic N) is 3. The zero-order valence-corrected chi connectivity index (χ0v) is 18.1. The van der Waals surface area contributed by atoms with Crippen LogP contribution in [-0.4, -0.2) is 48.1 Å². The van der Waals surface area contributed by atoms with Crippen molar-refractivity contribution in [2.75, 3.05) is 11.9 Å². The van der Waals surface area contributed by atoms with Crippen LogP contribution in [0.2, 0.25) is 0 Å². The Morgan fingerprint density at radius 3 is 2.50 bits per heavy atom. The minimum atomic E-state index is -5.26. The monoisotopic (exact) mass is 519 g/mol. The maximum Gasteiger partial charge on any atom is 0.428 e. The standard InChI is InChI=1S/C21H16F7N5O3/c1-19(15(35-9-20(23,24)25)16(21(26,27)28)36-18(30)33-19)12-6-11(3-4-13(12)22)32-17(34)14-5-2-10(7-29)8-31-14/h2-6,8,15-16H,9H2,1H3,(H2,30,33)(H,32,34). The highest BCUT2D eigenvalue weighted by atomic mass is 19.4. The molecule has 0 bridgehead atoms. The average molecular weight is 519 g/mol. The summed E-state index contributed by atoms with van der Waals surface area (Å²) in [4.78, 5) is 19.9. The number of benzene rings is 1. The summed E-state index contributed by atoms with van der Waals surface area (Å²) in [6.07, 6.45) is -14.7. The van der Waals surface area contributed by atoms with Crippen LogP contribution in [0.3, 0.4) is 0 Å². The first kappa shape index (κ1) is 26.7. The molecule has 1 aliphatic heterocycles. The van der Waals surface area contributed by atoms with Crippen molar-refractivity contribution in [1.82, 2.24) is 4.98 Å². The molecule has 0 radical (unpaired) electrons. The van der Waals surface area contributed by atoms with Crippen LogP contribution in [0.5, 0.6) is 0 Å². The summed E-state index contributed by atoms with van der Waals surface area (Å²) in [6.45, 7) is -1.21. The van der Waals surface area contributed by atoms with Crippen LogP contribution in [-0.2, 0) is 15.0 Å². The van der Waals surface area contributed by atoms with E-state index in [0.29, 0.717) is 0 Å². The van der Waals surface area contributed by atoms with Crippen LogP contribution >= 0.6 is 0 Å². The van der Waals surface area contributed by atoms with E-state index in [-0.39, 0.29) is 16.9 Å². The van der Waals surface area contributed by atoms with Gasteiger partial charge in [-0.1, -0.05) is 0 Å². The fourth-order valence-corrected chi connectivity index (χ4v) is 3.47. The predicted molar refractivity (Wildman–Crippen MR) is 109 cm³/mol. The van der Waals surface area contributed by atoms with Crippen LogP contribution in [0, 0.1) is 17.1 Å². The summed E-state index contributed by atoms with van der Waals surface area (Å²) in [6, 6.07) is 5.99. The van der Waals surface area contributed by atoms with E-state index in [2.05, 4.69) is 24.8 Å². The number of hydrogen-bond donors (Lipinski definition) is 2. The Kier molecular flexibility index (Phi) is 7.12. The van der Waals surface area contributed by atoms with Gasteiger partial charge >= 0.3 is 12.4 Å². The summed E-state index contributed by atoms with van der Waals surface area (Å²) >= 11 is 0. The smallest absolute Gasteiger partial charge is 0.428 e. The lowest BCUT2D eigenvalue weighted by molar-refractivity contribution is -0.266. The lowest BCUT2D eigenvalue weighted by atomic mass is 9.82. The number of alkyl halides is 6. The molecular weight excluding hydrogens is 503 g/mol. The summed E-state index contributed by atoms with van der Waals surface area (Å²) in [5.74, 6) is -1.98. The second-order valence-electron chi connectivity index (χ2n) is 7.72. The van der Waals surface area contributed by atoms with Crippen molar-refractivity contribution in [2.24, 2.45) is 10.7 Å². The molecule has 192 valence electrons. The molecule has 2 heterocycles. The number of nitrogens with two attached hydrogens (primary N) is 1. The van der Waals surface area contributed by atoms with E-state index in [1.165, 1.54) is 12.1 Å². The van der Waals surface area contributed by atoms with Crippen molar-refractivity contribution in [2.45, 2.75) is 37.0 Å². The summed E-state index contributed by atoms with van der Waals surface area (Å²) in [5, 5.41) is 11.1. The first-order valence-electron chi connectivity index (χ1n) is 9.88. The van der Waals surface area contributed by atoms with Crippen molar-refractivity contribution >= 4 is 17.6 Å². The molecule has 1 amide bonds. The summed E-state index contributed by atoms with van der Waals surface area (Å²) < 4.78 is 103. The molecule has 1 aromatic heterocycles. The quantitative estimate of drug-likeness (QED) is 0.580. The number of ether oxygens (including phenoxy) is 2. The third-order valence-corrected chi connectivity index (χ3v) is 5.06. The largest absolute Gasteiger partial charge is 0.449 e. The number of rotatable bonds is 5. The van der Waals surface area contributed by atoms with Gasteiger partial charge in [-0.15, -0.1) is 0 Å². The van der Waals surface area contributed by atoms with E-state index < -0.39 is 60.0 Å². The van der Waals surface area contributed by atoms with Gasteiger partial charge in [-0.05, 0) is 37.3 Å². The number of carbonyl (C=O) groups is 1. The molecule has 2 aromatic rings. The maximum atomic E-state index is 14.9. The highest BCUT2D eigenvalue weighted by Crippen LogP contribution is 2.43. The second-order valence-corrected chi connectivity index (χ2v) is 7.72. The molecule has 0 saturated carbocycles. The van der Waals surface area contributed by atoms with Crippen molar-refractivity contribution in [3.05, 3.63) is 59.2 Å². The molecule has 0 saturated heterocycles. The normalized spacial score (nSPS) is 22.2. The highest BCUT2D eigenvalue weighted by molar-refractivity contribution is 6.02. The molecule has 15 heteroatoms. The van der Waals surface area contributed by atoms with E-state index in [9.17, 15) is 35.5 Å². The molecule has 1 aromatic carbocycles. The number of halogens is 7. The summed E-state index contributed by atoms with van der Waals surface area (Å²) in [7, 11) is 0. The Hall–Kier alpha value is -3.93. The molecule has 0 spiro atoms. The van der Waals surface area contributed by atoms with E-state index in [1.54, 1.807) is 0 Å². The zero-order valence-electron chi connectivity index (χ0n) is 18.1. The Morgan fingerprint density at radius 2 is 1.94 bits per heavy atom. The first-order chi connectivity index (χ1) is 16.6. The minimum Gasteiger partial charge on any atom is -0.449 e. The molecule has 1 aliphatic rings. The first-order valence-corrected chi connectivity index (χ1v) is 9.88. The molecular formula is C21H16F7N5O3. The number of aromatic nitrogens is 1.